The summed E-state index contributed by atoms with van der Waals surface area (Å²) in [7, 11) is 0. The lowest BCUT2D eigenvalue weighted by molar-refractivity contribution is 0.401. The third-order valence-corrected chi connectivity index (χ3v) is 10.4. The largest absolute Gasteiger partial charge is 0.240 e. The molecule has 0 amide bonds. The van der Waals surface area contributed by atoms with Crippen LogP contribution in [0.3, 0.4) is 0 Å². The molecule has 1 heterocycles. The summed E-state index contributed by atoms with van der Waals surface area (Å²) in [5.74, 6) is 0.0729. The number of hydrogen-bond donors (Lipinski definition) is 0. The van der Waals surface area contributed by atoms with Gasteiger partial charge in [0, 0.05) is 4.90 Å². The van der Waals surface area contributed by atoms with Crippen LogP contribution >= 0.6 is 40.2 Å². The average molecular weight is 681 g/mol. The Morgan fingerprint density at radius 2 is 1.88 bits per heavy atom. The maximum Gasteiger partial charge on any atom is 0.240 e. The summed E-state index contributed by atoms with van der Waals surface area (Å²) in [5.41, 5.74) is 10.5. The summed E-state index contributed by atoms with van der Waals surface area (Å²) >= 11 is 4.02. The highest BCUT2D eigenvalue weighted by Crippen LogP contribution is 2.46. The van der Waals surface area contributed by atoms with Gasteiger partial charge in [0.2, 0.25) is 5.95 Å². The van der Waals surface area contributed by atoms with Crippen LogP contribution in [0.2, 0.25) is 0 Å². The molecule has 0 radical (unpaired) electrons. The van der Waals surface area contributed by atoms with Gasteiger partial charge in [-0.2, -0.15) is 4.39 Å². The van der Waals surface area contributed by atoms with E-state index in [0.29, 0.717) is 17.7 Å². The van der Waals surface area contributed by atoms with Gasteiger partial charge in [0.25, 0.3) is 0 Å². The molecule has 1 fully saturated rings. The second-order valence-electron chi connectivity index (χ2n) is 10.5. The first-order valence-electron chi connectivity index (χ1n) is 13.8. The summed E-state index contributed by atoms with van der Waals surface area (Å²) < 4.78 is 16.8. The highest BCUT2D eigenvalue weighted by Gasteiger charge is 2.28. The van der Waals surface area contributed by atoms with Gasteiger partial charge >= 0.3 is 0 Å². The molecule has 6 heteroatoms. The van der Waals surface area contributed by atoms with Gasteiger partial charge in [-0.05, 0) is 124 Å². The maximum absolute atomic E-state index is 15.0. The van der Waals surface area contributed by atoms with Crippen molar-refractivity contribution in [2.24, 2.45) is 5.92 Å². The molecule has 40 heavy (non-hydrogen) atoms. The first kappa shape index (κ1) is 29.3. The molecule has 0 saturated heterocycles. The molecule has 1 aromatic heterocycles. The van der Waals surface area contributed by atoms with Crippen molar-refractivity contribution in [3.05, 3.63) is 113 Å². The van der Waals surface area contributed by atoms with Crippen LogP contribution in [-0.4, -0.2) is 15.8 Å². The monoisotopic (exact) mass is 680 g/mol. The molecule has 0 N–H and O–H groups in total. The van der Waals surface area contributed by atoms with Crippen LogP contribution in [-0.2, 0) is 0 Å². The van der Waals surface area contributed by atoms with E-state index in [1.54, 1.807) is 16.2 Å². The van der Waals surface area contributed by atoms with E-state index in [1.807, 2.05) is 12.1 Å². The van der Waals surface area contributed by atoms with Crippen LogP contribution < -0.4 is 0 Å². The molecule has 3 aromatic carbocycles. The van der Waals surface area contributed by atoms with Gasteiger partial charge < -0.3 is 0 Å². The normalized spacial score (nSPS) is 14.8. The molecule has 206 valence electrons. The van der Waals surface area contributed by atoms with Gasteiger partial charge in [-0.15, -0.1) is 16.9 Å². The predicted molar refractivity (Wildman–Crippen MR) is 183 cm³/mol. The summed E-state index contributed by atoms with van der Waals surface area (Å²) in [6.07, 6.45) is 12.4. The maximum atomic E-state index is 15.0. The van der Waals surface area contributed by atoms with Crippen LogP contribution in [0.15, 0.2) is 83.8 Å². The van der Waals surface area contributed by atoms with Gasteiger partial charge in [0.15, 0.2) is 0 Å². The molecule has 0 spiro atoms. The Hall–Kier alpha value is -2.21. The molecule has 5 rings (SSSR count). The Morgan fingerprint density at radius 3 is 2.50 bits per heavy atom. The van der Waals surface area contributed by atoms with Crippen molar-refractivity contribution in [3.63, 3.8) is 0 Å². The van der Waals surface area contributed by atoms with Crippen LogP contribution in [0.4, 0.5) is 4.39 Å². The molecule has 4 aromatic rings. The summed E-state index contributed by atoms with van der Waals surface area (Å²) in [6, 6.07) is 21.8. The van der Waals surface area contributed by atoms with E-state index in [2.05, 4.69) is 115 Å². The van der Waals surface area contributed by atoms with Crippen LogP contribution in [0.5, 0.6) is 0 Å². The minimum atomic E-state index is -0.404. The number of nitrogens with zero attached hydrogens (tertiary/aromatic N) is 2. The molecule has 1 unspecified atom stereocenters. The van der Waals surface area contributed by atoms with Crippen molar-refractivity contribution in [2.45, 2.75) is 50.8 Å². The molecular formula is C34H35FIN2PS. The first-order chi connectivity index (χ1) is 19.4. The van der Waals surface area contributed by atoms with Gasteiger partial charge in [-0.25, -0.2) is 4.45 Å². The third-order valence-electron chi connectivity index (χ3n) is 7.79. The lowest BCUT2D eigenvalue weighted by Gasteiger charge is -2.32. The fourth-order valence-electron chi connectivity index (χ4n) is 5.48. The van der Waals surface area contributed by atoms with Crippen molar-refractivity contribution in [2.75, 3.05) is 6.26 Å². The highest BCUT2D eigenvalue weighted by atomic mass is 127. The van der Waals surface area contributed by atoms with Crippen LogP contribution in [0.1, 0.15) is 66.8 Å². The Bertz CT molecular complexity index is 1600. The summed E-state index contributed by atoms with van der Waals surface area (Å²) in [5, 5.41) is 4.74. The van der Waals surface area contributed by atoms with Gasteiger partial charge in [0.1, 0.15) is 0 Å². The molecule has 1 aliphatic carbocycles. The van der Waals surface area contributed by atoms with Gasteiger partial charge in [0.05, 0.1) is 17.3 Å². The smallest absolute Gasteiger partial charge is 0.235 e. The van der Waals surface area contributed by atoms with Crippen LogP contribution in [0.25, 0.3) is 28.1 Å². The number of aromatic nitrogens is 2. The number of thioether (sulfide) groups is 1. The van der Waals surface area contributed by atoms with E-state index in [0.717, 1.165) is 40.6 Å². The first-order valence-corrected chi connectivity index (χ1v) is 19.1. The van der Waals surface area contributed by atoms with Crippen molar-refractivity contribution in [1.82, 2.24) is 9.55 Å². The zero-order valence-electron chi connectivity index (χ0n) is 23.3. The fraction of sp³-hybridized carbons (Fsp3) is 0.265. The van der Waals surface area contributed by atoms with E-state index in [1.165, 1.54) is 46.4 Å². The average Bonchev–Trinajstić information content (AvgIpc) is 3.26. The van der Waals surface area contributed by atoms with E-state index in [4.69, 9.17) is 0 Å². The van der Waals surface area contributed by atoms with Crippen molar-refractivity contribution >= 4 is 68.3 Å². The molecule has 1 aliphatic rings. The zero-order chi connectivity index (χ0) is 28.2. The van der Waals surface area contributed by atoms with Crippen molar-refractivity contribution in [3.8, 4) is 0 Å². The lowest BCUT2D eigenvalue weighted by Crippen LogP contribution is -2.16. The lowest BCUT2D eigenvalue weighted by atomic mass is 9.72. The molecule has 0 aliphatic heterocycles. The second kappa shape index (κ2) is 13.2. The fourth-order valence-corrected chi connectivity index (χ4v) is 7.49. The molecule has 0 bridgehead atoms. The number of halogens is 2. The van der Waals surface area contributed by atoms with E-state index >= 15 is 4.39 Å². The Morgan fingerprint density at radius 1 is 1.12 bits per heavy atom. The predicted octanol–water partition coefficient (Wildman–Crippen LogP) is 11.1. The minimum absolute atomic E-state index is 0.348. The Labute approximate surface area is 256 Å². The molecular weight excluding hydrogens is 645 g/mol. The quantitative estimate of drug-likeness (QED) is 0.0546. The van der Waals surface area contributed by atoms with Gasteiger partial charge in [-0.1, -0.05) is 80.5 Å². The molecule has 1 atom stereocenters. The van der Waals surface area contributed by atoms with E-state index < -0.39 is 5.95 Å². The molecule has 2 nitrogen and oxygen atoms in total. The van der Waals surface area contributed by atoms with Crippen molar-refractivity contribution < 1.29 is 4.39 Å². The minimum Gasteiger partial charge on any atom is -0.235 e. The van der Waals surface area contributed by atoms with E-state index in [-0.39, 0.29) is 0 Å². The standard InChI is InChI=1S/C34H35FIN2PS/c1-5-7-22(2)10-11-24-12-14-26(15-13-24)32(27-16-19-31-30(21-27)34(35)37-38(31)39-36)33(25-8-6-9-25)29-18-17-28(40-4)20-23(29)3/h10-21,25,39H,2,5-9H2,1,3-4H3/b11-10+,33-32+. The Kier molecular flexibility index (Phi) is 9.65. The summed E-state index contributed by atoms with van der Waals surface area (Å²) in [4.78, 5) is 1.27. The number of hydrogen-bond acceptors (Lipinski definition) is 2. The zero-order valence-corrected chi connectivity index (χ0v) is 27.3. The topological polar surface area (TPSA) is 17.8 Å². The third kappa shape index (κ3) is 6.17. The van der Waals surface area contributed by atoms with Gasteiger partial charge in [-0.3, -0.25) is 0 Å². The van der Waals surface area contributed by atoms with E-state index in [9.17, 15) is 0 Å². The number of benzene rings is 3. The van der Waals surface area contributed by atoms with Crippen molar-refractivity contribution in [1.29, 1.82) is 0 Å². The SMILES string of the molecule is C=C(/C=C/c1ccc(/C(=C(\c2ccc(SC)cc2C)C2CCC2)c2ccc3c(c2)c(F)nn3PI)cc1)CCC. The Balaban J connectivity index is 1.71. The van der Waals surface area contributed by atoms with Crippen LogP contribution in [0, 0.1) is 18.8 Å². The number of aryl methyl sites for hydroxylation is 1. The highest BCUT2D eigenvalue weighted by molar-refractivity contribution is 14.2. The summed E-state index contributed by atoms with van der Waals surface area (Å²) in [6.45, 7) is 8.56. The molecule has 1 saturated carbocycles. The number of allylic oxidation sites excluding steroid dienone is 3. The second-order valence-corrected chi connectivity index (χ2v) is 13.4. The number of fused-ring (bicyclic) bond motifs is 1. The number of rotatable bonds is 10.